The van der Waals surface area contributed by atoms with Gasteiger partial charge in [-0.05, 0) is 30.7 Å². The van der Waals surface area contributed by atoms with E-state index < -0.39 is 11.6 Å². The Balaban J connectivity index is 1.83. The molecular formula is C14H15F2N3. The van der Waals surface area contributed by atoms with E-state index in [9.17, 15) is 8.78 Å². The molecule has 0 aliphatic carbocycles. The van der Waals surface area contributed by atoms with Gasteiger partial charge in [0.1, 0.15) is 0 Å². The van der Waals surface area contributed by atoms with E-state index in [0.717, 1.165) is 30.8 Å². The predicted molar refractivity (Wildman–Crippen MR) is 67.9 cm³/mol. The molecule has 1 fully saturated rings. The minimum Gasteiger partial charge on any atom is -0.330 e. The molecule has 0 bridgehead atoms. The number of benzene rings is 1. The molecule has 0 spiro atoms. The summed E-state index contributed by atoms with van der Waals surface area (Å²) in [6.45, 7) is 2.48. The third-order valence-electron chi connectivity index (χ3n) is 3.56. The van der Waals surface area contributed by atoms with Crippen LogP contribution in [-0.4, -0.2) is 22.6 Å². The van der Waals surface area contributed by atoms with Crippen LogP contribution < -0.4 is 5.32 Å². The lowest BCUT2D eigenvalue weighted by Crippen LogP contribution is -2.12. The van der Waals surface area contributed by atoms with E-state index in [4.69, 9.17) is 0 Å². The standard InChI is InChI=1S/C14H15F2N3/c15-12-2-1-10(5-13(12)16)8-19-9-18-7-14(19)11-3-4-17-6-11/h1-2,5,7,9,11,17H,3-4,6,8H2. The molecule has 3 nitrogen and oxygen atoms in total. The molecule has 2 heterocycles. The van der Waals surface area contributed by atoms with Crippen LogP contribution in [0.4, 0.5) is 8.78 Å². The van der Waals surface area contributed by atoms with E-state index in [1.54, 1.807) is 12.4 Å². The first-order valence-corrected chi connectivity index (χ1v) is 6.38. The van der Waals surface area contributed by atoms with Crippen molar-refractivity contribution >= 4 is 0 Å². The van der Waals surface area contributed by atoms with Gasteiger partial charge in [-0.1, -0.05) is 6.07 Å². The Morgan fingerprint density at radius 3 is 2.95 bits per heavy atom. The van der Waals surface area contributed by atoms with Gasteiger partial charge in [0.2, 0.25) is 0 Å². The molecule has 1 atom stereocenters. The van der Waals surface area contributed by atoms with Gasteiger partial charge < -0.3 is 9.88 Å². The Labute approximate surface area is 110 Å². The van der Waals surface area contributed by atoms with Crippen LogP contribution in [-0.2, 0) is 6.54 Å². The maximum Gasteiger partial charge on any atom is 0.159 e. The number of hydrogen-bond donors (Lipinski definition) is 1. The number of nitrogens with zero attached hydrogens (tertiary/aromatic N) is 2. The van der Waals surface area contributed by atoms with Crippen LogP contribution in [0.5, 0.6) is 0 Å². The molecule has 1 N–H and O–H groups in total. The van der Waals surface area contributed by atoms with Gasteiger partial charge >= 0.3 is 0 Å². The zero-order valence-corrected chi connectivity index (χ0v) is 10.4. The zero-order chi connectivity index (χ0) is 13.2. The van der Waals surface area contributed by atoms with Crippen molar-refractivity contribution in [1.82, 2.24) is 14.9 Å². The normalized spacial score (nSPS) is 18.9. The summed E-state index contributed by atoms with van der Waals surface area (Å²) in [6, 6.07) is 4.01. The molecule has 3 rings (SSSR count). The summed E-state index contributed by atoms with van der Waals surface area (Å²) in [5.74, 6) is -1.16. The highest BCUT2D eigenvalue weighted by molar-refractivity contribution is 5.20. The van der Waals surface area contributed by atoms with Crippen molar-refractivity contribution < 1.29 is 8.78 Å². The largest absolute Gasteiger partial charge is 0.330 e. The SMILES string of the molecule is Fc1ccc(Cn2cncc2C2CCNC2)cc1F. The average molecular weight is 263 g/mol. The third kappa shape index (κ3) is 2.51. The fraction of sp³-hybridized carbons (Fsp3) is 0.357. The second-order valence-electron chi connectivity index (χ2n) is 4.88. The van der Waals surface area contributed by atoms with Gasteiger partial charge in [0.05, 0.1) is 6.33 Å². The topological polar surface area (TPSA) is 29.9 Å². The van der Waals surface area contributed by atoms with Gasteiger partial charge in [-0.15, -0.1) is 0 Å². The lowest BCUT2D eigenvalue weighted by atomic mass is 10.1. The molecule has 0 radical (unpaired) electrons. The van der Waals surface area contributed by atoms with E-state index in [1.165, 1.54) is 12.1 Å². The van der Waals surface area contributed by atoms with Crippen molar-refractivity contribution in [3.8, 4) is 0 Å². The molecule has 19 heavy (non-hydrogen) atoms. The lowest BCUT2D eigenvalue weighted by Gasteiger charge is -2.13. The summed E-state index contributed by atoms with van der Waals surface area (Å²) in [7, 11) is 0. The van der Waals surface area contributed by atoms with E-state index in [2.05, 4.69) is 10.3 Å². The molecule has 1 aromatic carbocycles. The number of nitrogens with one attached hydrogen (secondary N) is 1. The second-order valence-corrected chi connectivity index (χ2v) is 4.88. The minimum absolute atomic E-state index is 0.452. The Kier molecular flexibility index (Phi) is 3.29. The average Bonchev–Trinajstić information content (AvgIpc) is 3.04. The monoisotopic (exact) mass is 263 g/mol. The number of hydrogen-bond acceptors (Lipinski definition) is 2. The highest BCUT2D eigenvalue weighted by atomic mass is 19.2. The van der Waals surface area contributed by atoms with Gasteiger partial charge in [-0.2, -0.15) is 0 Å². The third-order valence-corrected chi connectivity index (χ3v) is 3.56. The van der Waals surface area contributed by atoms with E-state index in [-0.39, 0.29) is 0 Å². The molecule has 5 heteroatoms. The number of rotatable bonds is 3. The first-order valence-electron chi connectivity index (χ1n) is 6.38. The summed E-state index contributed by atoms with van der Waals surface area (Å²) in [5.41, 5.74) is 1.89. The smallest absolute Gasteiger partial charge is 0.159 e. The molecule has 0 saturated carbocycles. The van der Waals surface area contributed by atoms with Crippen LogP contribution in [0.25, 0.3) is 0 Å². The van der Waals surface area contributed by atoms with Crippen LogP contribution in [0.15, 0.2) is 30.7 Å². The molecule has 2 aromatic rings. The van der Waals surface area contributed by atoms with Gasteiger partial charge in [-0.3, -0.25) is 0 Å². The van der Waals surface area contributed by atoms with Crippen molar-refractivity contribution in [1.29, 1.82) is 0 Å². The Bertz CT molecular complexity index is 574. The summed E-state index contributed by atoms with van der Waals surface area (Å²) >= 11 is 0. The number of halogens is 2. The number of aromatic nitrogens is 2. The summed E-state index contributed by atoms with van der Waals surface area (Å²) in [5, 5.41) is 3.32. The molecule has 1 aromatic heterocycles. The van der Waals surface area contributed by atoms with Gasteiger partial charge in [0.15, 0.2) is 11.6 Å². The molecule has 100 valence electrons. The Morgan fingerprint density at radius 1 is 1.32 bits per heavy atom. The van der Waals surface area contributed by atoms with Crippen LogP contribution in [0.3, 0.4) is 0 Å². The molecular weight excluding hydrogens is 248 g/mol. The van der Waals surface area contributed by atoms with Crippen LogP contribution in [0.2, 0.25) is 0 Å². The zero-order valence-electron chi connectivity index (χ0n) is 10.4. The molecule has 1 saturated heterocycles. The van der Waals surface area contributed by atoms with Gasteiger partial charge in [0, 0.05) is 30.9 Å². The Morgan fingerprint density at radius 2 is 2.21 bits per heavy atom. The molecule has 1 unspecified atom stereocenters. The van der Waals surface area contributed by atoms with Crippen molar-refractivity contribution in [2.75, 3.05) is 13.1 Å². The fourth-order valence-corrected chi connectivity index (χ4v) is 2.54. The molecule has 1 aliphatic rings. The maximum absolute atomic E-state index is 13.2. The van der Waals surface area contributed by atoms with E-state index in [1.807, 2.05) is 10.8 Å². The minimum atomic E-state index is -0.811. The van der Waals surface area contributed by atoms with Gasteiger partial charge in [0.25, 0.3) is 0 Å². The van der Waals surface area contributed by atoms with Crippen molar-refractivity contribution in [3.63, 3.8) is 0 Å². The maximum atomic E-state index is 13.2. The number of imidazole rings is 1. The molecule has 0 amide bonds. The first-order chi connectivity index (χ1) is 9.24. The van der Waals surface area contributed by atoms with E-state index in [0.29, 0.717) is 12.5 Å². The predicted octanol–water partition coefficient (Wildman–Crippen LogP) is 2.29. The van der Waals surface area contributed by atoms with E-state index >= 15 is 0 Å². The van der Waals surface area contributed by atoms with Crippen molar-refractivity contribution in [3.05, 3.63) is 53.6 Å². The van der Waals surface area contributed by atoms with Crippen LogP contribution in [0, 0.1) is 11.6 Å². The second kappa shape index (κ2) is 5.09. The lowest BCUT2D eigenvalue weighted by molar-refractivity contribution is 0.506. The Hall–Kier alpha value is -1.75. The summed E-state index contributed by atoms with van der Waals surface area (Å²) < 4.78 is 28.1. The first kappa shape index (κ1) is 12.3. The van der Waals surface area contributed by atoms with Crippen LogP contribution >= 0.6 is 0 Å². The van der Waals surface area contributed by atoms with Gasteiger partial charge in [-0.25, -0.2) is 13.8 Å². The molecule has 1 aliphatic heterocycles. The quantitative estimate of drug-likeness (QED) is 0.920. The highest BCUT2D eigenvalue weighted by Gasteiger charge is 2.20. The highest BCUT2D eigenvalue weighted by Crippen LogP contribution is 2.22. The summed E-state index contributed by atoms with van der Waals surface area (Å²) in [4.78, 5) is 4.17. The fourth-order valence-electron chi connectivity index (χ4n) is 2.54. The van der Waals surface area contributed by atoms with Crippen molar-refractivity contribution in [2.24, 2.45) is 0 Å². The van der Waals surface area contributed by atoms with Crippen molar-refractivity contribution in [2.45, 2.75) is 18.9 Å². The summed E-state index contributed by atoms with van der Waals surface area (Å²) in [6.07, 6.45) is 4.69. The van der Waals surface area contributed by atoms with Crippen LogP contribution in [0.1, 0.15) is 23.6 Å².